The first-order valence-corrected chi connectivity index (χ1v) is 9.63. The zero-order valence-corrected chi connectivity index (χ0v) is 14.3. The van der Waals surface area contributed by atoms with Crippen molar-refractivity contribution in [2.75, 3.05) is 39.4 Å². The van der Waals surface area contributed by atoms with Crippen LogP contribution in [-0.2, 0) is 14.9 Å². The highest BCUT2D eigenvalue weighted by Crippen LogP contribution is 2.33. The third-order valence-corrected chi connectivity index (χ3v) is 6.12. The summed E-state index contributed by atoms with van der Waals surface area (Å²) in [4.78, 5) is 2.23. The van der Waals surface area contributed by atoms with Crippen LogP contribution in [0.3, 0.4) is 0 Å². The summed E-state index contributed by atoms with van der Waals surface area (Å²) in [6, 6.07) is 3.30. The van der Waals surface area contributed by atoms with E-state index in [0.717, 1.165) is 25.9 Å². The Hall–Kier alpha value is -0.930. The van der Waals surface area contributed by atoms with Gasteiger partial charge in [0.25, 0.3) is 10.2 Å². The zero-order chi connectivity index (χ0) is 16.3. The first-order valence-electron chi connectivity index (χ1n) is 8.19. The summed E-state index contributed by atoms with van der Waals surface area (Å²) in [6.07, 6.45) is 3.24. The van der Waals surface area contributed by atoms with Crippen molar-refractivity contribution in [2.24, 2.45) is 0 Å². The molecule has 2 aliphatic rings. The lowest BCUT2D eigenvalue weighted by molar-refractivity contribution is 0.0353. The maximum absolute atomic E-state index is 12.7. The Morgan fingerprint density at radius 2 is 2.13 bits per heavy atom. The van der Waals surface area contributed by atoms with Crippen LogP contribution in [0.4, 0.5) is 0 Å². The minimum atomic E-state index is -3.52. The normalized spacial score (nSPS) is 25.7. The van der Waals surface area contributed by atoms with Crippen molar-refractivity contribution in [3.05, 3.63) is 24.2 Å². The molecule has 0 spiro atoms. The summed E-state index contributed by atoms with van der Waals surface area (Å²) >= 11 is 0. The number of morpholine rings is 1. The molecule has 7 nitrogen and oxygen atoms in total. The van der Waals surface area contributed by atoms with Gasteiger partial charge in [0.05, 0.1) is 25.5 Å². The van der Waals surface area contributed by atoms with E-state index in [-0.39, 0.29) is 12.1 Å². The van der Waals surface area contributed by atoms with E-state index in [1.807, 2.05) is 13.0 Å². The Kier molecular flexibility index (Phi) is 5.38. The summed E-state index contributed by atoms with van der Waals surface area (Å²) in [5.74, 6) is 0.716. The highest BCUT2D eigenvalue weighted by Gasteiger charge is 2.37. The molecule has 1 aromatic rings. The molecule has 0 radical (unpaired) electrons. The van der Waals surface area contributed by atoms with Crippen molar-refractivity contribution in [1.82, 2.24) is 13.9 Å². The predicted molar refractivity (Wildman–Crippen MR) is 86.2 cm³/mol. The van der Waals surface area contributed by atoms with Gasteiger partial charge in [0.15, 0.2) is 0 Å². The molecule has 2 aliphatic heterocycles. The van der Waals surface area contributed by atoms with Crippen LogP contribution in [0.2, 0.25) is 0 Å². The fourth-order valence-electron chi connectivity index (χ4n) is 3.32. The predicted octanol–water partition coefficient (Wildman–Crippen LogP) is 0.972. The zero-order valence-electron chi connectivity index (χ0n) is 13.5. The summed E-state index contributed by atoms with van der Waals surface area (Å²) < 4.78 is 40.5. The molecule has 8 heteroatoms. The van der Waals surface area contributed by atoms with E-state index in [4.69, 9.17) is 9.15 Å². The fraction of sp³-hybridized carbons (Fsp3) is 0.733. The third kappa shape index (κ3) is 4.13. The number of nitrogens with one attached hydrogen (secondary N) is 1. The Balaban J connectivity index is 1.61. The van der Waals surface area contributed by atoms with Crippen LogP contribution >= 0.6 is 0 Å². The Bertz CT molecular complexity index is 584. The average Bonchev–Trinajstić information content (AvgIpc) is 3.19. The van der Waals surface area contributed by atoms with Crippen LogP contribution in [0.25, 0.3) is 0 Å². The van der Waals surface area contributed by atoms with Gasteiger partial charge in [0.2, 0.25) is 0 Å². The monoisotopic (exact) mass is 343 g/mol. The topological polar surface area (TPSA) is 75.0 Å². The number of nitrogens with zero attached hydrogens (tertiary/aromatic N) is 2. The largest absolute Gasteiger partial charge is 0.468 e. The lowest BCUT2D eigenvalue weighted by Gasteiger charge is -2.30. The number of furan rings is 1. The number of ether oxygens (including phenoxy) is 1. The van der Waals surface area contributed by atoms with Crippen LogP contribution in [0.15, 0.2) is 22.8 Å². The van der Waals surface area contributed by atoms with Gasteiger partial charge in [0.1, 0.15) is 5.76 Å². The van der Waals surface area contributed by atoms with Gasteiger partial charge in [-0.1, -0.05) is 0 Å². The molecule has 0 amide bonds. The summed E-state index contributed by atoms with van der Waals surface area (Å²) in [6.45, 7) is 6.27. The van der Waals surface area contributed by atoms with Crippen molar-refractivity contribution in [3.63, 3.8) is 0 Å². The van der Waals surface area contributed by atoms with Crippen LogP contribution in [0.5, 0.6) is 0 Å². The molecule has 23 heavy (non-hydrogen) atoms. The SMILES string of the molecule is C[C@H](CN1CCOCC1)NS(=O)(=O)N1CCC[C@H]1c1ccco1. The van der Waals surface area contributed by atoms with Crippen molar-refractivity contribution in [1.29, 1.82) is 0 Å². The quantitative estimate of drug-likeness (QED) is 0.833. The number of rotatable bonds is 6. The molecular formula is C15H25N3O4S. The van der Waals surface area contributed by atoms with Crippen molar-refractivity contribution >= 4 is 10.2 Å². The highest BCUT2D eigenvalue weighted by molar-refractivity contribution is 7.87. The van der Waals surface area contributed by atoms with Crippen LogP contribution < -0.4 is 4.72 Å². The Labute approximate surface area is 137 Å². The lowest BCUT2D eigenvalue weighted by atomic mass is 10.2. The van der Waals surface area contributed by atoms with Crippen molar-refractivity contribution < 1.29 is 17.6 Å². The standard InChI is InChI=1S/C15H25N3O4S/c1-13(12-17-7-10-21-11-8-17)16-23(19,20)18-6-2-4-14(18)15-5-3-9-22-15/h3,5,9,13-14,16H,2,4,6-8,10-12H2,1H3/t13-,14+/m1/s1. The molecule has 1 aromatic heterocycles. The smallest absolute Gasteiger partial charge is 0.280 e. The van der Waals surface area contributed by atoms with Crippen molar-refractivity contribution in [3.8, 4) is 0 Å². The number of hydrogen-bond acceptors (Lipinski definition) is 5. The summed E-state index contributed by atoms with van der Waals surface area (Å²) in [5.41, 5.74) is 0. The van der Waals surface area contributed by atoms with Gasteiger partial charge in [-0.15, -0.1) is 0 Å². The first kappa shape index (κ1) is 16.9. The van der Waals surface area contributed by atoms with Gasteiger partial charge in [-0.2, -0.15) is 17.4 Å². The van der Waals surface area contributed by atoms with E-state index in [2.05, 4.69) is 9.62 Å². The van der Waals surface area contributed by atoms with Crippen molar-refractivity contribution in [2.45, 2.75) is 31.8 Å². The van der Waals surface area contributed by atoms with E-state index in [0.29, 0.717) is 32.1 Å². The minimum Gasteiger partial charge on any atom is -0.468 e. The molecule has 2 saturated heterocycles. The maximum atomic E-state index is 12.7. The molecule has 0 aliphatic carbocycles. The van der Waals surface area contributed by atoms with E-state index >= 15 is 0 Å². The molecule has 0 saturated carbocycles. The van der Waals surface area contributed by atoms with Crippen LogP contribution in [-0.4, -0.2) is 63.1 Å². The third-order valence-electron chi connectivity index (χ3n) is 4.37. The molecule has 130 valence electrons. The second kappa shape index (κ2) is 7.31. The summed E-state index contributed by atoms with van der Waals surface area (Å²) in [7, 11) is -3.52. The van der Waals surface area contributed by atoms with E-state index in [1.165, 1.54) is 4.31 Å². The number of hydrogen-bond donors (Lipinski definition) is 1. The molecule has 2 fully saturated rings. The molecule has 3 heterocycles. The van der Waals surface area contributed by atoms with Gasteiger partial charge >= 0.3 is 0 Å². The molecule has 0 unspecified atom stereocenters. The molecule has 0 bridgehead atoms. The molecule has 3 rings (SSSR count). The Morgan fingerprint density at radius 3 is 2.83 bits per heavy atom. The van der Waals surface area contributed by atoms with Gasteiger partial charge in [-0.05, 0) is 31.9 Å². The van der Waals surface area contributed by atoms with E-state index in [9.17, 15) is 8.42 Å². The van der Waals surface area contributed by atoms with E-state index < -0.39 is 10.2 Å². The first-order chi connectivity index (χ1) is 11.1. The van der Waals surface area contributed by atoms with Crippen LogP contribution in [0.1, 0.15) is 31.6 Å². The van der Waals surface area contributed by atoms with Gasteiger partial charge < -0.3 is 9.15 Å². The van der Waals surface area contributed by atoms with Gasteiger partial charge in [-0.25, -0.2) is 0 Å². The lowest BCUT2D eigenvalue weighted by Crippen LogP contribution is -2.49. The molecule has 1 N–H and O–H groups in total. The highest BCUT2D eigenvalue weighted by atomic mass is 32.2. The summed E-state index contributed by atoms with van der Waals surface area (Å²) in [5, 5.41) is 0. The molecular weight excluding hydrogens is 318 g/mol. The van der Waals surface area contributed by atoms with Gasteiger partial charge in [0, 0.05) is 32.2 Å². The minimum absolute atomic E-state index is 0.143. The van der Waals surface area contributed by atoms with Gasteiger partial charge in [-0.3, -0.25) is 4.90 Å². The molecule has 0 aromatic carbocycles. The maximum Gasteiger partial charge on any atom is 0.280 e. The second-order valence-electron chi connectivity index (χ2n) is 6.22. The molecule has 2 atom stereocenters. The van der Waals surface area contributed by atoms with Crippen LogP contribution in [0, 0.1) is 0 Å². The average molecular weight is 343 g/mol. The second-order valence-corrected chi connectivity index (χ2v) is 7.88. The van der Waals surface area contributed by atoms with E-state index in [1.54, 1.807) is 12.3 Å². The fourth-order valence-corrected chi connectivity index (χ4v) is 4.96. The Morgan fingerprint density at radius 1 is 1.35 bits per heavy atom.